The van der Waals surface area contributed by atoms with Crippen LogP contribution in [0.1, 0.15) is 42.0 Å². The smallest absolute Gasteiger partial charge is 0.360 e. The molecule has 0 aliphatic carbocycles. The van der Waals surface area contributed by atoms with Crippen molar-refractivity contribution in [3.8, 4) is 0 Å². The van der Waals surface area contributed by atoms with Crippen LogP contribution in [0.3, 0.4) is 0 Å². The quantitative estimate of drug-likeness (QED) is 0.747. The molecule has 0 aliphatic heterocycles. The van der Waals surface area contributed by atoms with Gasteiger partial charge in [-0.1, -0.05) is 18.6 Å². The summed E-state index contributed by atoms with van der Waals surface area (Å²) in [5.41, 5.74) is 2.10. The van der Waals surface area contributed by atoms with Gasteiger partial charge >= 0.3 is 5.97 Å². The summed E-state index contributed by atoms with van der Waals surface area (Å²) >= 11 is 3.39. The van der Waals surface area contributed by atoms with E-state index in [1.165, 1.54) is 0 Å². The van der Waals surface area contributed by atoms with Crippen molar-refractivity contribution in [2.45, 2.75) is 33.2 Å². The van der Waals surface area contributed by atoms with Crippen molar-refractivity contribution in [3.63, 3.8) is 0 Å². The van der Waals surface area contributed by atoms with E-state index in [9.17, 15) is 4.79 Å². The highest BCUT2D eigenvalue weighted by Crippen LogP contribution is 2.14. The van der Waals surface area contributed by atoms with Crippen molar-refractivity contribution in [1.29, 1.82) is 0 Å². The summed E-state index contributed by atoms with van der Waals surface area (Å²) in [6.45, 7) is 4.67. The van der Waals surface area contributed by atoms with E-state index >= 15 is 0 Å². The Morgan fingerprint density at radius 1 is 1.38 bits per heavy atom. The number of aromatic nitrogens is 4. The molecule has 0 atom stereocenters. The molecule has 112 valence electrons. The van der Waals surface area contributed by atoms with Crippen LogP contribution in [0.25, 0.3) is 0 Å². The highest BCUT2D eigenvalue weighted by atomic mass is 79.9. The number of pyridine rings is 1. The summed E-state index contributed by atoms with van der Waals surface area (Å²) in [6, 6.07) is 1.97. The molecule has 0 radical (unpaired) electrons. The Hall–Kier alpha value is -1.76. The predicted molar refractivity (Wildman–Crippen MR) is 81.0 cm³/mol. The van der Waals surface area contributed by atoms with Crippen LogP contribution >= 0.6 is 15.9 Å². The molecule has 0 amide bonds. The van der Waals surface area contributed by atoms with E-state index in [0.717, 1.165) is 28.6 Å². The maximum atomic E-state index is 11.9. The molecule has 0 saturated carbocycles. The lowest BCUT2D eigenvalue weighted by molar-refractivity contribution is 0.0518. The van der Waals surface area contributed by atoms with E-state index < -0.39 is 5.97 Å². The maximum Gasteiger partial charge on any atom is 0.360 e. The lowest BCUT2D eigenvalue weighted by Gasteiger charge is -2.07. The van der Waals surface area contributed by atoms with E-state index in [-0.39, 0.29) is 0 Å². The first-order chi connectivity index (χ1) is 10.2. The van der Waals surface area contributed by atoms with Crippen molar-refractivity contribution in [2.24, 2.45) is 0 Å². The van der Waals surface area contributed by atoms with Crippen LogP contribution in [-0.2, 0) is 17.7 Å². The molecule has 6 nitrogen and oxygen atoms in total. The average Bonchev–Trinajstić information content (AvgIpc) is 2.83. The summed E-state index contributed by atoms with van der Waals surface area (Å²) in [4.78, 5) is 16.0. The van der Waals surface area contributed by atoms with Gasteiger partial charge < -0.3 is 4.74 Å². The second kappa shape index (κ2) is 7.31. The van der Waals surface area contributed by atoms with Gasteiger partial charge in [-0.2, -0.15) is 0 Å². The molecule has 2 aromatic heterocycles. The van der Waals surface area contributed by atoms with Crippen molar-refractivity contribution in [1.82, 2.24) is 20.0 Å². The Labute approximate surface area is 131 Å². The van der Waals surface area contributed by atoms with E-state index in [2.05, 4.69) is 31.2 Å². The highest BCUT2D eigenvalue weighted by Gasteiger charge is 2.20. The highest BCUT2D eigenvalue weighted by molar-refractivity contribution is 9.10. The molecule has 0 aliphatic rings. The van der Waals surface area contributed by atoms with Gasteiger partial charge in [0.2, 0.25) is 0 Å². The van der Waals surface area contributed by atoms with Crippen molar-refractivity contribution in [2.75, 3.05) is 6.61 Å². The molecule has 2 aromatic rings. The Morgan fingerprint density at radius 2 is 2.19 bits per heavy atom. The summed E-state index contributed by atoms with van der Waals surface area (Å²) in [5, 5.41) is 8.06. The van der Waals surface area contributed by atoms with Crippen LogP contribution in [0, 0.1) is 0 Å². The van der Waals surface area contributed by atoms with Gasteiger partial charge in [-0.15, -0.1) is 5.10 Å². The van der Waals surface area contributed by atoms with Gasteiger partial charge in [0.1, 0.15) is 0 Å². The topological polar surface area (TPSA) is 69.9 Å². The van der Waals surface area contributed by atoms with E-state index in [1.54, 1.807) is 24.0 Å². The summed E-state index contributed by atoms with van der Waals surface area (Å²) in [5.74, 6) is -0.417. The minimum absolute atomic E-state index is 0.307. The Morgan fingerprint density at radius 3 is 2.86 bits per heavy atom. The van der Waals surface area contributed by atoms with Gasteiger partial charge in [0.25, 0.3) is 0 Å². The molecule has 0 aromatic carbocycles. The van der Waals surface area contributed by atoms with Gasteiger partial charge in [-0.25, -0.2) is 9.48 Å². The number of nitrogens with zero attached hydrogens (tertiary/aromatic N) is 4. The number of ether oxygens (including phenoxy) is 1. The molecule has 0 bridgehead atoms. The number of hydrogen-bond donors (Lipinski definition) is 0. The zero-order valence-electron chi connectivity index (χ0n) is 12.0. The minimum atomic E-state index is -0.417. The Kier molecular flexibility index (Phi) is 5.44. The van der Waals surface area contributed by atoms with Gasteiger partial charge in [-0.3, -0.25) is 4.98 Å². The summed E-state index contributed by atoms with van der Waals surface area (Å²) in [7, 11) is 0. The largest absolute Gasteiger partial charge is 0.461 e. The van der Waals surface area contributed by atoms with Gasteiger partial charge in [0, 0.05) is 16.9 Å². The summed E-state index contributed by atoms with van der Waals surface area (Å²) in [6.07, 6.45) is 5.12. The molecule has 0 fully saturated rings. The molecule has 0 N–H and O–H groups in total. The van der Waals surface area contributed by atoms with Gasteiger partial charge in [0.15, 0.2) is 5.69 Å². The lowest BCUT2D eigenvalue weighted by Crippen LogP contribution is -2.11. The first-order valence-corrected chi connectivity index (χ1v) is 7.63. The third kappa shape index (κ3) is 3.87. The van der Waals surface area contributed by atoms with Gasteiger partial charge in [-0.05, 0) is 40.9 Å². The average molecular weight is 353 g/mol. The molecule has 0 spiro atoms. The van der Waals surface area contributed by atoms with Crippen LogP contribution in [-0.4, -0.2) is 32.6 Å². The first kappa shape index (κ1) is 15.6. The molecule has 2 rings (SSSR count). The fourth-order valence-electron chi connectivity index (χ4n) is 2.02. The molecule has 21 heavy (non-hydrogen) atoms. The summed E-state index contributed by atoms with van der Waals surface area (Å²) < 4.78 is 7.66. The van der Waals surface area contributed by atoms with E-state index in [1.807, 2.05) is 13.0 Å². The van der Waals surface area contributed by atoms with E-state index in [0.29, 0.717) is 18.8 Å². The molecular weight excluding hydrogens is 336 g/mol. The maximum absolute atomic E-state index is 11.9. The Balaban J connectivity index is 2.29. The molecular formula is C14H17BrN4O2. The molecule has 7 heteroatoms. The number of carbonyl (C=O) groups excluding carboxylic acids is 1. The minimum Gasteiger partial charge on any atom is -0.461 e. The van der Waals surface area contributed by atoms with Crippen LogP contribution in [0.5, 0.6) is 0 Å². The number of carbonyl (C=O) groups is 1. The SMILES string of the molecule is CCCc1c(C(=O)OCC)nnn1Cc1cncc(Br)c1. The number of esters is 1. The number of rotatable bonds is 6. The van der Waals surface area contributed by atoms with E-state index in [4.69, 9.17) is 4.74 Å². The lowest BCUT2D eigenvalue weighted by atomic mass is 10.2. The predicted octanol–water partition coefficient (Wildman–Crippen LogP) is 2.61. The van der Waals surface area contributed by atoms with Crippen molar-refractivity contribution in [3.05, 3.63) is 39.9 Å². The second-order valence-electron chi connectivity index (χ2n) is 4.52. The number of halogens is 1. The Bertz CT molecular complexity index is 627. The first-order valence-electron chi connectivity index (χ1n) is 6.84. The fraction of sp³-hybridized carbons (Fsp3) is 0.429. The van der Waals surface area contributed by atoms with Crippen LogP contribution in [0.15, 0.2) is 22.9 Å². The van der Waals surface area contributed by atoms with Gasteiger partial charge in [0.05, 0.1) is 18.8 Å². The molecule has 2 heterocycles. The van der Waals surface area contributed by atoms with Crippen LogP contribution < -0.4 is 0 Å². The third-order valence-electron chi connectivity index (χ3n) is 2.89. The van der Waals surface area contributed by atoms with Crippen molar-refractivity contribution < 1.29 is 9.53 Å². The standard InChI is InChI=1S/C14H17BrN4O2/c1-3-5-12-13(14(20)21-4-2)17-18-19(12)9-10-6-11(15)8-16-7-10/h6-8H,3-5,9H2,1-2H3. The molecule has 0 unspecified atom stereocenters. The monoisotopic (exact) mass is 352 g/mol. The zero-order valence-corrected chi connectivity index (χ0v) is 13.6. The van der Waals surface area contributed by atoms with Crippen molar-refractivity contribution >= 4 is 21.9 Å². The fourth-order valence-corrected chi connectivity index (χ4v) is 2.43. The molecule has 0 saturated heterocycles. The van der Waals surface area contributed by atoms with Crippen LogP contribution in [0.2, 0.25) is 0 Å². The number of hydrogen-bond acceptors (Lipinski definition) is 5. The zero-order chi connectivity index (χ0) is 15.2. The second-order valence-corrected chi connectivity index (χ2v) is 5.44. The normalized spacial score (nSPS) is 10.6. The third-order valence-corrected chi connectivity index (χ3v) is 3.32. The van der Waals surface area contributed by atoms with Crippen LogP contribution in [0.4, 0.5) is 0 Å².